The van der Waals surface area contributed by atoms with E-state index in [1.807, 2.05) is 30.5 Å². The van der Waals surface area contributed by atoms with E-state index in [4.69, 9.17) is 4.74 Å². The number of carbonyl (C=O) groups is 2. The topological polar surface area (TPSA) is 87.7 Å². The first-order valence-electron chi connectivity index (χ1n) is 7.43. The maximum atomic E-state index is 11.8. The second-order valence-electron chi connectivity index (χ2n) is 5.19. The molecule has 0 fully saturated rings. The molecule has 1 unspecified atom stereocenters. The van der Waals surface area contributed by atoms with Gasteiger partial charge in [0.2, 0.25) is 0 Å². The summed E-state index contributed by atoms with van der Waals surface area (Å²) in [5.41, 5.74) is 1.73. The predicted octanol–water partition coefficient (Wildman–Crippen LogP) is 1.53. The number of amides is 2. The number of ether oxygens (including phenoxy) is 1. The maximum Gasteiger partial charge on any atom is 0.309 e. The van der Waals surface area contributed by atoms with Gasteiger partial charge < -0.3 is 20.5 Å². The summed E-state index contributed by atoms with van der Waals surface area (Å²) in [6.45, 7) is 2.06. The van der Waals surface area contributed by atoms with Crippen molar-refractivity contribution in [2.45, 2.75) is 19.6 Å². The van der Waals surface area contributed by atoms with Gasteiger partial charge in [-0.1, -0.05) is 18.2 Å². The van der Waals surface area contributed by atoms with Crippen LogP contribution in [0.25, 0.3) is 0 Å². The van der Waals surface area contributed by atoms with Crippen molar-refractivity contribution in [1.29, 1.82) is 0 Å². The highest BCUT2D eigenvalue weighted by Gasteiger charge is 2.17. The highest BCUT2D eigenvalue weighted by atomic mass is 32.1. The van der Waals surface area contributed by atoms with E-state index in [-0.39, 0.29) is 13.1 Å². The third-order valence-corrected chi connectivity index (χ3v) is 4.62. The average Bonchev–Trinajstić information content (AvgIpc) is 3.03. The third-order valence-electron chi connectivity index (χ3n) is 3.50. The standard InChI is InChI=1S/C17H20N2O4S/c1-11-7-8-24-15(11)13(20)10-19-17(22)16(21)18-9-12-5-3-4-6-14(12)23-2/h3-8,13,20H,9-10H2,1-2H3,(H,18,21)(H,19,22). The molecule has 7 heteroatoms. The number of para-hydroxylation sites is 1. The van der Waals surface area contributed by atoms with E-state index in [2.05, 4.69) is 10.6 Å². The Bertz CT molecular complexity index is 714. The van der Waals surface area contributed by atoms with Gasteiger partial charge in [-0.2, -0.15) is 0 Å². The van der Waals surface area contributed by atoms with Crippen molar-refractivity contribution in [3.8, 4) is 5.75 Å². The van der Waals surface area contributed by atoms with E-state index in [9.17, 15) is 14.7 Å². The smallest absolute Gasteiger partial charge is 0.309 e. The van der Waals surface area contributed by atoms with Gasteiger partial charge in [0.05, 0.1) is 7.11 Å². The molecule has 128 valence electrons. The summed E-state index contributed by atoms with van der Waals surface area (Å²) in [6.07, 6.45) is -0.823. The third kappa shape index (κ3) is 4.56. The van der Waals surface area contributed by atoms with Crippen LogP contribution in [0.15, 0.2) is 35.7 Å². The van der Waals surface area contributed by atoms with E-state index in [0.29, 0.717) is 5.75 Å². The van der Waals surface area contributed by atoms with Gasteiger partial charge in [0.1, 0.15) is 11.9 Å². The number of benzene rings is 1. The zero-order valence-corrected chi connectivity index (χ0v) is 14.4. The van der Waals surface area contributed by atoms with Crippen LogP contribution in [0.5, 0.6) is 5.75 Å². The summed E-state index contributed by atoms with van der Waals surface area (Å²) in [4.78, 5) is 24.4. The number of hydrogen-bond donors (Lipinski definition) is 3. The molecule has 0 aliphatic rings. The van der Waals surface area contributed by atoms with Crippen LogP contribution in [0.1, 0.15) is 22.1 Å². The number of carbonyl (C=O) groups excluding carboxylic acids is 2. The predicted molar refractivity (Wildman–Crippen MR) is 91.9 cm³/mol. The summed E-state index contributed by atoms with van der Waals surface area (Å²) in [7, 11) is 1.54. The Kier molecular flexibility index (Phi) is 6.34. The van der Waals surface area contributed by atoms with Crippen molar-refractivity contribution in [3.63, 3.8) is 0 Å². The molecule has 1 atom stereocenters. The van der Waals surface area contributed by atoms with Gasteiger partial charge in [-0.3, -0.25) is 9.59 Å². The second kappa shape index (κ2) is 8.47. The van der Waals surface area contributed by atoms with Crippen LogP contribution >= 0.6 is 11.3 Å². The van der Waals surface area contributed by atoms with E-state index in [1.165, 1.54) is 11.3 Å². The zero-order chi connectivity index (χ0) is 17.5. The Morgan fingerprint density at radius 3 is 2.58 bits per heavy atom. The molecular formula is C17H20N2O4S. The van der Waals surface area contributed by atoms with Crippen molar-refractivity contribution >= 4 is 23.2 Å². The molecule has 0 radical (unpaired) electrons. The largest absolute Gasteiger partial charge is 0.496 e. The molecule has 2 amide bonds. The van der Waals surface area contributed by atoms with E-state index >= 15 is 0 Å². The summed E-state index contributed by atoms with van der Waals surface area (Å²) in [5.74, 6) is -0.893. The van der Waals surface area contributed by atoms with Gasteiger partial charge in [-0.05, 0) is 30.0 Å². The molecule has 0 saturated heterocycles. The van der Waals surface area contributed by atoms with Crippen LogP contribution in [-0.4, -0.2) is 30.6 Å². The lowest BCUT2D eigenvalue weighted by Crippen LogP contribution is -2.41. The average molecular weight is 348 g/mol. The molecule has 0 bridgehead atoms. The minimum atomic E-state index is -0.823. The molecule has 2 aromatic rings. The fraction of sp³-hybridized carbons (Fsp3) is 0.294. The Hall–Kier alpha value is -2.38. The van der Waals surface area contributed by atoms with Crippen LogP contribution in [0.2, 0.25) is 0 Å². The molecule has 0 saturated carbocycles. The van der Waals surface area contributed by atoms with Crippen LogP contribution in [-0.2, 0) is 16.1 Å². The number of rotatable bonds is 6. The molecular weight excluding hydrogens is 328 g/mol. The van der Waals surface area contributed by atoms with Gasteiger partial charge in [0.25, 0.3) is 0 Å². The minimum Gasteiger partial charge on any atom is -0.496 e. The molecule has 24 heavy (non-hydrogen) atoms. The van der Waals surface area contributed by atoms with Crippen molar-refractivity contribution in [3.05, 3.63) is 51.7 Å². The molecule has 1 heterocycles. The quantitative estimate of drug-likeness (QED) is 0.691. The second-order valence-corrected chi connectivity index (χ2v) is 6.14. The number of thiophene rings is 1. The van der Waals surface area contributed by atoms with Gasteiger partial charge in [0.15, 0.2) is 0 Å². The Balaban J connectivity index is 1.82. The lowest BCUT2D eigenvalue weighted by Gasteiger charge is -2.12. The Morgan fingerprint density at radius 1 is 1.21 bits per heavy atom. The van der Waals surface area contributed by atoms with Crippen molar-refractivity contribution < 1.29 is 19.4 Å². The number of aliphatic hydroxyl groups excluding tert-OH is 1. The molecule has 6 nitrogen and oxygen atoms in total. The van der Waals surface area contributed by atoms with Gasteiger partial charge >= 0.3 is 11.8 Å². The minimum absolute atomic E-state index is 0.0116. The van der Waals surface area contributed by atoms with Gasteiger partial charge in [0, 0.05) is 23.5 Å². The normalized spacial score (nSPS) is 11.6. The SMILES string of the molecule is COc1ccccc1CNC(=O)C(=O)NCC(O)c1sccc1C. The van der Waals surface area contributed by atoms with Crippen molar-refractivity contribution in [2.75, 3.05) is 13.7 Å². The number of hydrogen-bond acceptors (Lipinski definition) is 5. The first-order valence-corrected chi connectivity index (χ1v) is 8.31. The van der Waals surface area contributed by atoms with E-state index in [0.717, 1.165) is 16.0 Å². The molecule has 0 aliphatic heterocycles. The fourth-order valence-corrected chi connectivity index (χ4v) is 3.11. The maximum absolute atomic E-state index is 11.8. The number of aliphatic hydroxyl groups is 1. The molecule has 1 aromatic heterocycles. The van der Waals surface area contributed by atoms with E-state index < -0.39 is 17.9 Å². The Morgan fingerprint density at radius 2 is 1.92 bits per heavy atom. The highest BCUT2D eigenvalue weighted by molar-refractivity contribution is 7.10. The van der Waals surface area contributed by atoms with Gasteiger partial charge in [-0.15, -0.1) is 11.3 Å². The lowest BCUT2D eigenvalue weighted by molar-refractivity contribution is -0.139. The fourth-order valence-electron chi connectivity index (χ4n) is 2.19. The Labute approximate surface area is 144 Å². The lowest BCUT2D eigenvalue weighted by atomic mass is 10.2. The zero-order valence-electron chi connectivity index (χ0n) is 13.5. The van der Waals surface area contributed by atoms with Crippen LogP contribution in [0, 0.1) is 6.92 Å². The number of methoxy groups -OCH3 is 1. The summed E-state index contributed by atoms with van der Waals surface area (Å²) in [5, 5.41) is 16.9. The summed E-state index contributed by atoms with van der Waals surface area (Å²) >= 11 is 1.41. The van der Waals surface area contributed by atoms with Crippen molar-refractivity contribution in [2.24, 2.45) is 0 Å². The van der Waals surface area contributed by atoms with Crippen LogP contribution < -0.4 is 15.4 Å². The van der Waals surface area contributed by atoms with Crippen LogP contribution in [0.4, 0.5) is 0 Å². The van der Waals surface area contributed by atoms with Gasteiger partial charge in [-0.25, -0.2) is 0 Å². The summed E-state index contributed by atoms with van der Waals surface area (Å²) in [6, 6.07) is 9.13. The molecule has 3 N–H and O–H groups in total. The summed E-state index contributed by atoms with van der Waals surface area (Å²) < 4.78 is 5.19. The van der Waals surface area contributed by atoms with Crippen LogP contribution in [0.3, 0.4) is 0 Å². The first kappa shape index (κ1) is 18.0. The molecule has 0 aliphatic carbocycles. The first-order chi connectivity index (χ1) is 11.5. The number of nitrogens with one attached hydrogen (secondary N) is 2. The molecule has 0 spiro atoms. The number of aryl methyl sites for hydroxylation is 1. The van der Waals surface area contributed by atoms with Crippen molar-refractivity contribution in [1.82, 2.24) is 10.6 Å². The monoisotopic (exact) mass is 348 g/mol. The molecule has 2 rings (SSSR count). The molecule has 1 aromatic carbocycles. The highest BCUT2D eigenvalue weighted by Crippen LogP contribution is 2.23. The van der Waals surface area contributed by atoms with E-state index in [1.54, 1.807) is 19.2 Å².